The van der Waals surface area contributed by atoms with E-state index in [1.807, 2.05) is 0 Å². The number of hydrogen-bond acceptors (Lipinski definition) is 7. The molecule has 0 spiro atoms. The van der Waals surface area contributed by atoms with Crippen molar-refractivity contribution in [2.45, 2.75) is 0 Å². The van der Waals surface area contributed by atoms with Gasteiger partial charge in [-0.25, -0.2) is 5.43 Å². The van der Waals surface area contributed by atoms with E-state index in [0.717, 1.165) is 6.07 Å². The van der Waals surface area contributed by atoms with Gasteiger partial charge in [0.15, 0.2) is 18.1 Å². The molecule has 0 aromatic heterocycles. The fraction of sp³-hybridized carbons (Fsp3) is 0.0870. The Bertz CT molecular complexity index is 1280. The van der Waals surface area contributed by atoms with Crippen LogP contribution in [0.15, 0.2) is 65.8 Å². The van der Waals surface area contributed by atoms with Crippen LogP contribution < -0.4 is 20.2 Å². The van der Waals surface area contributed by atoms with Gasteiger partial charge >= 0.3 is 0 Å². The van der Waals surface area contributed by atoms with Crippen LogP contribution in [-0.2, 0) is 4.79 Å². The summed E-state index contributed by atoms with van der Waals surface area (Å²) in [6.45, 7) is -0.328. The number of non-ortho nitro benzene ring substituents is 1. The van der Waals surface area contributed by atoms with E-state index >= 15 is 0 Å². The molecule has 12 heteroatoms. The predicted molar refractivity (Wildman–Crippen MR) is 132 cm³/mol. The lowest BCUT2D eigenvalue weighted by molar-refractivity contribution is -0.384. The average molecular weight is 517 g/mol. The van der Waals surface area contributed by atoms with Crippen molar-refractivity contribution in [3.8, 4) is 11.5 Å². The third-order valence-electron chi connectivity index (χ3n) is 4.43. The summed E-state index contributed by atoms with van der Waals surface area (Å²) < 4.78 is 10.8. The largest absolute Gasteiger partial charge is 0.493 e. The Labute approximate surface area is 209 Å². The van der Waals surface area contributed by atoms with Crippen LogP contribution in [-0.4, -0.2) is 36.7 Å². The molecule has 0 fully saturated rings. The van der Waals surface area contributed by atoms with E-state index in [0.29, 0.717) is 16.3 Å². The van der Waals surface area contributed by atoms with Crippen molar-refractivity contribution < 1.29 is 24.0 Å². The first kappa shape index (κ1) is 25.5. The van der Waals surface area contributed by atoms with Crippen molar-refractivity contribution in [3.05, 3.63) is 92.0 Å². The maximum absolute atomic E-state index is 12.2. The molecule has 3 aromatic rings. The number of nitro groups is 1. The summed E-state index contributed by atoms with van der Waals surface area (Å²) in [6, 6.07) is 14.9. The van der Waals surface area contributed by atoms with E-state index in [-0.39, 0.29) is 34.4 Å². The maximum atomic E-state index is 12.2. The normalized spacial score (nSPS) is 10.6. The Morgan fingerprint density at radius 1 is 1.11 bits per heavy atom. The third kappa shape index (κ3) is 7.16. The topological polar surface area (TPSA) is 132 Å². The lowest BCUT2D eigenvalue weighted by Crippen LogP contribution is -2.20. The van der Waals surface area contributed by atoms with Gasteiger partial charge in [0.1, 0.15) is 0 Å². The standard InChI is InChI=1S/C23H18Cl2N4O6/c1-34-20-10-14(12-26-28-23(31)15-3-2-4-18(11-15)29(32)33)9-19(25)22(20)35-13-21(30)27-17-7-5-16(24)6-8-17/h2-12H,13H2,1H3,(H,27,30)(H,28,31)/b26-12+. The number of nitrogens with zero attached hydrogens (tertiary/aromatic N) is 2. The molecule has 2 N–H and O–H groups in total. The van der Waals surface area contributed by atoms with Crippen LogP contribution in [0.3, 0.4) is 0 Å². The van der Waals surface area contributed by atoms with Gasteiger partial charge in [0.05, 0.1) is 23.3 Å². The SMILES string of the molecule is COc1cc(/C=N/NC(=O)c2cccc([N+](=O)[O-])c2)cc(Cl)c1OCC(=O)Nc1ccc(Cl)cc1. The van der Waals surface area contributed by atoms with Gasteiger partial charge in [-0.15, -0.1) is 0 Å². The van der Waals surface area contributed by atoms with Gasteiger partial charge in [0, 0.05) is 28.4 Å². The second-order valence-corrected chi connectivity index (χ2v) is 7.73. The van der Waals surface area contributed by atoms with E-state index in [4.69, 9.17) is 32.7 Å². The van der Waals surface area contributed by atoms with Gasteiger partial charge in [-0.3, -0.25) is 19.7 Å². The number of anilines is 1. The Hall–Kier alpha value is -4.15. The second-order valence-electron chi connectivity index (χ2n) is 6.88. The summed E-state index contributed by atoms with van der Waals surface area (Å²) in [6.07, 6.45) is 1.31. The second kappa shape index (κ2) is 11.8. The number of carbonyl (C=O) groups is 2. The lowest BCUT2D eigenvalue weighted by Gasteiger charge is -2.13. The number of amides is 2. The Morgan fingerprint density at radius 3 is 2.54 bits per heavy atom. The lowest BCUT2D eigenvalue weighted by atomic mass is 10.2. The molecule has 0 radical (unpaired) electrons. The average Bonchev–Trinajstić information content (AvgIpc) is 2.84. The van der Waals surface area contributed by atoms with Gasteiger partial charge in [0.2, 0.25) is 0 Å². The molecule has 3 rings (SSSR count). The van der Waals surface area contributed by atoms with E-state index in [9.17, 15) is 19.7 Å². The monoisotopic (exact) mass is 516 g/mol. The van der Waals surface area contributed by atoms with Gasteiger partial charge in [-0.1, -0.05) is 29.3 Å². The van der Waals surface area contributed by atoms with Gasteiger partial charge in [-0.2, -0.15) is 5.10 Å². The molecule has 10 nitrogen and oxygen atoms in total. The predicted octanol–water partition coefficient (Wildman–Crippen LogP) is 4.69. The fourth-order valence-corrected chi connectivity index (χ4v) is 3.21. The quantitative estimate of drug-likeness (QED) is 0.241. The molecule has 0 saturated carbocycles. The van der Waals surface area contributed by atoms with Crippen LogP contribution in [0.5, 0.6) is 11.5 Å². The molecule has 0 unspecified atom stereocenters. The van der Waals surface area contributed by atoms with Crippen LogP contribution >= 0.6 is 23.2 Å². The summed E-state index contributed by atoms with van der Waals surface area (Å²) in [5.74, 6) is -0.656. The van der Waals surface area contributed by atoms with E-state index < -0.39 is 16.7 Å². The number of halogens is 2. The van der Waals surface area contributed by atoms with Gasteiger partial charge in [-0.05, 0) is 48.0 Å². The van der Waals surface area contributed by atoms with Gasteiger partial charge < -0.3 is 14.8 Å². The molecule has 35 heavy (non-hydrogen) atoms. The zero-order chi connectivity index (χ0) is 25.4. The maximum Gasteiger partial charge on any atom is 0.271 e. The summed E-state index contributed by atoms with van der Waals surface area (Å²) in [5, 5.41) is 18.1. The van der Waals surface area contributed by atoms with Crippen LogP contribution in [0.2, 0.25) is 10.0 Å². The summed E-state index contributed by atoms with van der Waals surface area (Å²) >= 11 is 12.1. The molecular weight excluding hydrogens is 499 g/mol. The number of hydrogen-bond donors (Lipinski definition) is 2. The minimum absolute atomic E-state index is 0.0765. The highest BCUT2D eigenvalue weighted by atomic mass is 35.5. The van der Waals surface area contributed by atoms with Crippen LogP contribution in [0.4, 0.5) is 11.4 Å². The summed E-state index contributed by atoms with van der Waals surface area (Å²) in [4.78, 5) is 34.6. The first-order valence-electron chi connectivity index (χ1n) is 9.90. The number of ether oxygens (including phenoxy) is 2. The third-order valence-corrected chi connectivity index (χ3v) is 4.96. The van der Waals surface area contributed by atoms with Crippen molar-refractivity contribution in [2.24, 2.45) is 5.10 Å². The molecule has 0 aliphatic heterocycles. The van der Waals surface area contributed by atoms with Crippen LogP contribution in [0.25, 0.3) is 0 Å². The molecule has 0 heterocycles. The highest BCUT2D eigenvalue weighted by Crippen LogP contribution is 2.36. The zero-order valence-electron chi connectivity index (χ0n) is 18.2. The minimum Gasteiger partial charge on any atom is -0.493 e. The van der Waals surface area contributed by atoms with E-state index in [1.54, 1.807) is 30.3 Å². The molecule has 0 bridgehead atoms. The number of nitrogens with one attached hydrogen (secondary N) is 2. The van der Waals surface area contributed by atoms with Crippen LogP contribution in [0, 0.1) is 10.1 Å². The van der Waals surface area contributed by atoms with Crippen molar-refractivity contribution in [2.75, 3.05) is 19.0 Å². The number of benzene rings is 3. The molecule has 0 aliphatic carbocycles. The van der Waals surface area contributed by atoms with E-state index in [1.165, 1.54) is 37.6 Å². The number of carbonyl (C=O) groups excluding carboxylic acids is 2. The summed E-state index contributed by atoms with van der Waals surface area (Å²) in [7, 11) is 1.40. The Morgan fingerprint density at radius 2 is 1.86 bits per heavy atom. The highest BCUT2D eigenvalue weighted by Gasteiger charge is 2.14. The smallest absolute Gasteiger partial charge is 0.271 e. The Balaban J connectivity index is 1.63. The number of hydrazone groups is 1. The van der Waals surface area contributed by atoms with E-state index in [2.05, 4.69) is 15.8 Å². The van der Waals surface area contributed by atoms with Crippen molar-refractivity contribution in [1.82, 2.24) is 5.43 Å². The zero-order valence-corrected chi connectivity index (χ0v) is 19.7. The molecule has 0 saturated heterocycles. The Kier molecular flexibility index (Phi) is 8.60. The molecule has 0 aliphatic rings. The molecule has 3 aromatic carbocycles. The van der Waals surface area contributed by atoms with Crippen molar-refractivity contribution in [1.29, 1.82) is 0 Å². The first-order valence-corrected chi connectivity index (χ1v) is 10.7. The molecule has 180 valence electrons. The minimum atomic E-state index is -0.630. The first-order chi connectivity index (χ1) is 16.8. The number of nitro benzene ring substituents is 1. The van der Waals surface area contributed by atoms with Gasteiger partial charge in [0.25, 0.3) is 17.5 Å². The molecular formula is C23H18Cl2N4O6. The van der Waals surface area contributed by atoms with Crippen molar-refractivity contribution >= 4 is 52.6 Å². The highest BCUT2D eigenvalue weighted by molar-refractivity contribution is 6.32. The summed E-state index contributed by atoms with van der Waals surface area (Å²) in [5.41, 5.74) is 3.16. The molecule has 0 atom stereocenters. The van der Waals surface area contributed by atoms with Crippen molar-refractivity contribution in [3.63, 3.8) is 0 Å². The van der Waals surface area contributed by atoms with Crippen LogP contribution in [0.1, 0.15) is 15.9 Å². The fourth-order valence-electron chi connectivity index (χ4n) is 2.81. The number of methoxy groups -OCH3 is 1. The molecule has 2 amide bonds. The number of rotatable bonds is 9.